The second kappa shape index (κ2) is 7.74. The molecule has 1 fully saturated rings. The van der Waals surface area contributed by atoms with Crippen LogP contribution in [0.3, 0.4) is 0 Å². The normalized spacial score (nSPS) is 16.2. The molecule has 1 aliphatic heterocycles. The fourth-order valence-electron chi connectivity index (χ4n) is 3.62. The molecule has 4 rings (SSSR count). The minimum Gasteiger partial charge on any atom is -0.467 e. The molecule has 0 aliphatic carbocycles. The summed E-state index contributed by atoms with van der Waals surface area (Å²) in [5.41, 5.74) is 2.25. The van der Waals surface area contributed by atoms with Crippen molar-refractivity contribution in [3.8, 4) is 0 Å². The number of fused-ring (bicyclic) bond motifs is 1. The number of para-hydroxylation sites is 2. The summed E-state index contributed by atoms with van der Waals surface area (Å²) < 4.78 is 7.49. The van der Waals surface area contributed by atoms with E-state index in [0.717, 1.165) is 43.8 Å². The first-order valence-electron chi connectivity index (χ1n) is 9.19. The van der Waals surface area contributed by atoms with Crippen LogP contribution in [0.5, 0.6) is 0 Å². The van der Waals surface area contributed by atoms with Gasteiger partial charge in [-0.2, -0.15) is 0 Å². The van der Waals surface area contributed by atoms with E-state index in [4.69, 9.17) is 4.42 Å². The molecule has 0 unspecified atom stereocenters. The van der Waals surface area contributed by atoms with Gasteiger partial charge < -0.3 is 14.3 Å². The largest absolute Gasteiger partial charge is 0.467 e. The second-order valence-electron chi connectivity index (χ2n) is 6.96. The highest BCUT2D eigenvalue weighted by Crippen LogP contribution is 2.21. The lowest BCUT2D eigenvalue weighted by Gasteiger charge is -2.31. The molecule has 1 aromatic carbocycles. The van der Waals surface area contributed by atoms with E-state index in [2.05, 4.69) is 38.0 Å². The molecule has 1 N–H and O–H groups in total. The zero-order valence-corrected chi connectivity index (χ0v) is 14.8. The summed E-state index contributed by atoms with van der Waals surface area (Å²) in [6.45, 7) is 3.84. The van der Waals surface area contributed by atoms with Crippen molar-refractivity contribution in [1.82, 2.24) is 19.8 Å². The Hall–Kier alpha value is -2.60. The standard InChI is InChI=1S/C20H24N4O2/c25-20(21-12-17-4-3-11-26-17)14-23-9-7-16(8-10-23)13-24-15-22-18-5-1-2-6-19(18)24/h1-6,11,15-16H,7-10,12-14H2,(H,21,25). The van der Waals surface area contributed by atoms with Crippen LogP contribution in [0.2, 0.25) is 0 Å². The minimum atomic E-state index is 0.0560. The van der Waals surface area contributed by atoms with Crippen LogP contribution in [0.15, 0.2) is 53.4 Å². The predicted molar refractivity (Wildman–Crippen MR) is 99.5 cm³/mol. The van der Waals surface area contributed by atoms with Crippen LogP contribution < -0.4 is 5.32 Å². The average Bonchev–Trinajstić information content (AvgIpc) is 3.32. The minimum absolute atomic E-state index is 0.0560. The quantitative estimate of drug-likeness (QED) is 0.741. The molecule has 1 amide bonds. The fourth-order valence-corrected chi connectivity index (χ4v) is 3.62. The number of carbonyl (C=O) groups excluding carboxylic acids is 1. The fraction of sp³-hybridized carbons (Fsp3) is 0.400. The Bertz CT molecular complexity index is 848. The molecule has 136 valence electrons. The Morgan fingerprint density at radius 1 is 1.19 bits per heavy atom. The summed E-state index contributed by atoms with van der Waals surface area (Å²) in [7, 11) is 0. The number of piperidine rings is 1. The Morgan fingerprint density at radius 2 is 2.04 bits per heavy atom. The molecule has 6 nitrogen and oxygen atoms in total. The lowest BCUT2D eigenvalue weighted by molar-refractivity contribution is -0.122. The van der Waals surface area contributed by atoms with E-state index in [9.17, 15) is 4.79 Å². The van der Waals surface area contributed by atoms with Crippen molar-refractivity contribution >= 4 is 16.9 Å². The number of nitrogens with one attached hydrogen (secondary N) is 1. The lowest BCUT2D eigenvalue weighted by Crippen LogP contribution is -2.41. The number of likely N-dealkylation sites (tertiary alicyclic amines) is 1. The molecule has 1 aliphatic rings. The van der Waals surface area contributed by atoms with Gasteiger partial charge in [-0.15, -0.1) is 0 Å². The van der Waals surface area contributed by atoms with Crippen molar-refractivity contribution < 1.29 is 9.21 Å². The molecule has 0 atom stereocenters. The van der Waals surface area contributed by atoms with Crippen molar-refractivity contribution in [2.45, 2.75) is 25.9 Å². The van der Waals surface area contributed by atoms with Gasteiger partial charge in [0.1, 0.15) is 5.76 Å². The van der Waals surface area contributed by atoms with Crippen molar-refractivity contribution in [3.63, 3.8) is 0 Å². The van der Waals surface area contributed by atoms with Crippen LogP contribution in [0.25, 0.3) is 11.0 Å². The van der Waals surface area contributed by atoms with Crippen LogP contribution in [0, 0.1) is 5.92 Å². The summed E-state index contributed by atoms with van der Waals surface area (Å²) in [5.74, 6) is 1.47. The third-order valence-electron chi connectivity index (χ3n) is 5.10. The summed E-state index contributed by atoms with van der Waals surface area (Å²) >= 11 is 0. The number of amides is 1. The summed E-state index contributed by atoms with van der Waals surface area (Å²) in [4.78, 5) is 18.8. The number of carbonyl (C=O) groups is 1. The molecular formula is C20H24N4O2. The molecule has 0 radical (unpaired) electrons. The maximum Gasteiger partial charge on any atom is 0.234 e. The van der Waals surface area contributed by atoms with Gasteiger partial charge >= 0.3 is 0 Å². The second-order valence-corrected chi connectivity index (χ2v) is 6.96. The molecule has 0 bridgehead atoms. The maximum absolute atomic E-state index is 12.1. The van der Waals surface area contributed by atoms with Gasteiger partial charge in [-0.1, -0.05) is 12.1 Å². The highest BCUT2D eigenvalue weighted by molar-refractivity contribution is 5.78. The van der Waals surface area contributed by atoms with E-state index in [1.165, 1.54) is 5.52 Å². The number of rotatable bonds is 6. The molecule has 1 saturated heterocycles. The molecular weight excluding hydrogens is 328 g/mol. The number of hydrogen-bond acceptors (Lipinski definition) is 4. The van der Waals surface area contributed by atoms with E-state index in [0.29, 0.717) is 19.0 Å². The predicted octanol–water partition coefficient (Wildman–Crippen LogP) is 2.66. The zero-order valence-electron chi connectivity index (χ0n) is 14.8. The van der Waals surface area contributed by atoms with Gasteiger partial charge in [0.2, 0.25) is 5.91 Å². The monoisotopic (exact) mass is 352 g/mol. The molecule has 26 heavy (non-hydrogen) atoms. The summed E-state index contributed by atoms with van der Waals surface area (Å²) in [6, 6.07) is 12.0. The first-order valence-corrected chi connectivity index (χ1v) is 9.19. The van der Waals surface area contributed by atoms with Crippen molar-refractivity contribution in [3.05, 3.63) is 54.7 Å². The number of furan rings is 1. The van der Waals surface area contributed by atoms with Crippen molar-refractivity contribution in [2.75, 3.05) is 19.6 Å². The first-order chi connectivity index (χ1) is 12.8. The van der Waals surface area contributed by atoms with E-state index in [1.807, 2.05) is 24.5 Å². The molecule has 6 heteroatoms. The SMILES string of the molecule is O=C(CN1CCC(Cn2cnc3ccccc32)CC1)NCc1ccco1. The van der Waals surface area contributed by atoms with Gasteiger partial charge in [-0.05, 0) is 56.1 Å². The molecule has 3 heterocycles. The highest BCUT2D eigenvalue weighted by atomic mass is 16.3. The number of hydrogen-bond donors (Lipinski definition) is 1. The third-order valence-corrected chi connectivity index (χ3v) is 5.10. The smallest absolute Gasteiger partial charge is 0.234 e. The van der Waals surface area contributed by atoms with Gasteiger partial charge in [0.05, 0.1) is 36.7 Å². The molecule has 0 saturated carbocycles. The van der Waals surface area contributed by atoms with Crippen LogP contribution >= 0.6 is 0 Å². The van der Waals surface area contributed by atoms with E-state index < -0.39 is 0 Å². The number of imidazole rings is 1. The lowest BCUT2D eigenvalue weighted by atomic mass is 9.96. The van der Waals surface area contributed by atoms with Crippen LogP contribution in [0.4, 0.5) is 0 Å². The Kier molecular flexibility index (Phi) is 5.02. The maximum atomic E-state index is 12.1. The van der Waals surface area contributed by atoms with Crippen molar-refractivity contribution in [2.24, 2.45) is 5.92 Å². The van der Waals surface area contributed by atoms with Crippen LogP contribution in [-0.4, -0.2) is 40.0 Å². The summed E-state index contributed by atoms with van der Waals surface area (Å²) in [5, 5.41) is 2.91. The van der Waals surface area contributed by atoms with Crippen LogP contribution in [-0.2, 0) is 17.9 Å². The van der Waals surface area contributed by atoms with E-state index in [1.54, 1.807) is 6.26 Å². The Balaban J connectivity index is 1.23. The molecule has 0 spiro atoms. The number of nitrogens with zero attached hydrogens (tertiary/aromatic N) is 3. The topological polar surface area (TPSA) is 63.3 Å². The van der Waals surface area contributed by atoms with Gasteiger partial charge in [0.15, 0.2) is 0 Å². The first kappa shape index (κ1) is 16.8. The van der Waals surface area contributed by atoms with Crippen molar-refractivity contribution in [1.29, 1.82) is 0 Å². The zero-order chi connectivity index (χ0) is 17.8. The van der Waals surface area contributed by atoms with Crippen LogP contribution in [0.1, 0.15) is 18.6 Å². The Morgan fingerprint density at radius 3 is 2.85 bits per heavy atom. The summed E-state index contributed by atoms with van der Waals surface area (Å²) in [6.07, 6.45) is 5.78. The average molecular weight is 352 g/mol. The highest BCUT2D eigenvalue weighted by Gasteiger charge is 2.21. The molecule has 2 aromatic heterocycles. The van der Waals surface area contributed by atoms with Gasteiger partial charge in [-0.3, -0.25) is 9.69 Å². The van der Waals surface area contributed by atoms with Gasteiger partial charge in [-0.25, -0.2) is 4.98 Å². The van der Waals surface area contributed by atoms with E-state index >= 15 is 0 Å². The number of benzene rings is 1. The molecule has 3 aromatic rings. The Labute approximate surface area is 152 Å². The van der Waals surface area contributed by atoms with Gasteiger partial charge in [0.25, 0.3) is 0 Å². The number of aromatic nitrogens is 2. The van der Waals surface area contributed by atoms with E-state index in [-0.39, 0.29) is 5.91 Å². The van der Waals surface area contributed by atoms with Gasteiger partial charge in [0, 0.05) is 6.54 Å². The third kappa shape index (κ3) is 3.96.